The van der Waals surface area contributed by atoms with Crippen LogP contribution in [0.1, 0.15) is 48.0 Å². The van der Waals surface area contributed by atoms with Crippen molar-refractivity contribution in [1.82, 2.24) is 0 Å². The molecule has 0 saturated heterocycles. The van der Waals surface area contributed by atoms with Gasteiger partial charge in [-0.2, -0.15) is 0 Å². The van der Waals surface area contributed by atoms with Gasteiger partial charge in [0.05, 0.1) is 6.10 Å². The van der Waals surface area contributed by atoms with Crippen LogP contribution in [0, 0.1) is 11.8 Å². The highest BCUT2D eigenvalue weighted by molar-refractivity contribution is 6.74. The summed E-state index contributed by atoms with van der Waals surface area (Å²) in [4.78, 5) is 0. The quantitative estimate of drug-likeness (QED) is 0.730. The third-order valence-electron chi connectivity index (χ3n) is 4.32. The summed E-state index contributed by atoms with van der Waals surface area (Å²) in [6, 6.07) is 0. The molecule has 0 radical (unpaired) electrons. The van der Waals surface area contributed by atoms with E-state index in [0.29, 0.717) is 12.5 Å². The maximum Gasteiger partial charge on any atom is 0.191 e. The van der Waals surface area contributed by atoms with Crippen LogP contribution in [0.2, 0.25) is 18.1 Å². The predicted molar refractivity (Wildman–Crippen MR) is 77.8 cm³/mol. The minimum Gasteiger partial charge on any atom is -0.416 e. The first kappa shape index (κ1) is 17.1. The van der Waals surface area contributed by atoms with Crippen LogP contribution in [0.3, 0.4) is 0 Å². The maximum absolute atomic E-state index is 10.1. The Labute approximate surface area is 109 Å². The van der Waals surface area contributed by atoms with Crippen LogP contribution in [0.5, 0.6) is 0 Å². The average molecular weight is 260 g/mol. The van der Waals surface area contributed by atoms with E-state index < -0.39 is 8.32 Å². The Morgan fingerprint density at radius 2 is 1.59 bits per heavy atom. The van der Waals surface area contributed by atoms with Crippen molar-refractivity contribution in [3.63, 3.8) is 0 Å². The molecule has 0 aromatic heterocycles. The second kappa shape index (κ2) is 6.35. The molecule has 0 amide bonds. The number of aliphatic hydroxyl groups is 1. The van der Waals surface area contributed by atoms with Crippen molar-refractivity contribution in [2.24, 2.45) is 11.8 Å². The SMILES string of the molecule is CC[C@@H](C)[C@@H](O)[C@H](C)CO[Si](C)(C)C(C)(C)C. The molecule has 0 fully saturated rings. The highest BCUT2D eigenvalue weighted by Gasteiger charge is 2.37. The van der Waals surface area contributed by atoms with E-state index in [4.69, 9.17) is 4.43 Å². The summed E-state index contributed by atoms with van der Waals surface area (Å²) in [5, 5.41) is 10.4. The maximum atomic E-state index is 10.1. The molecular formula is C14H32O2Si. The Morgan fingerprint density at radius 1 is 1.12 bits per heavy atom. The van der Waals surface area contributed by atoms with E-state index in [1.807, 2.05) is 0 Å². The third kappa shape index (κ3) is 5.10. The van der Waals surface area contributed by atoms with Crippen molar-refractivity contribution in [2.45, 2.75) is 72.2 Å². The first-order valence-electron chi connectivity index (χ1n) is 6.85. The van der Waals surface area contributed by atoms with E-state index in [-0.39, 0.29) is 17.1 Å². The van der Waals surface area contributed by atoms with Gasteiger partial charge in [-0.3, -0.25) is 0 Å². The Morgan fingerprint density at radius 3 is 1.94 bits per heavy atom. The zero-order valence-electron chi connectivity index (χ0n) is 13.0. The highest BCUT2D eigenvalue weighted by atomic mass is 28.4. The van der Waals surface area contributed by atoms with Gasteiger partial charge >= 0.3 is 0 Å². The van der Waals surface area contributed by atoms with Gasteiger partial charge in [0, 0.05) is 12.5 Å². The summed E-state index contributed by atoms with van der Waals surface area (Å²) in [6.45, 7) is 18.2. The molecule has 0 unspecified atom stereocenters. The summed E-state index contributed by atoms with van der Waals surface area (Å²) in [6.07, 6.45) is 0.774. The standard InChI is InChI=1S/C14H32O2Si/c1-9-11(2)13(15)12(3)10-16-17(7,8)14(4,5)6/h11-13,15H,9-10H2,1-8H3/t11-,12-,13-/m1/s1. The molecule has 3 heteroatoms. The monoisotopic (exact) mass is 260 g/mol. The number of aliphatic hydroxyl groups excluding tert-OH is 1. The average Bonchev–Trinajstić information content (AvgIpc) is 2.22. The fraction of sp³-hybridized carbons (Fsp3) is 1.00. The van der Waals surface area contributed by atoms with Crippen molar-refractivity contribution in [3.05, 3.63) is 0 Å². The van der Waals surface area contributed by atoms with Crippen molar-refractivity contribution in [1.29, 1.82) is 0 Å². The summed E-state index contributed by atoms with van der Waals surface area (Å²) in [5.41, 5.74) is 0. The summed E-state index contributed by atoms with van der Waals surface area (Å²) in [5.74, 6) is 0.576. The van der Waals surface area contributed by atoms with E-state index in [1.165, 1.54) is 0 Å². The molecule has 104 valence electrons. The van der Waals surface area contributed by atoms with Gasteiger partial charge in [-0.15, -0.1) is 0 Å². The van der Waals surface area contributed by atoms with Gasteiger partial charge in [0.25, 0.3) is 0 Å². The van der Waals surface area contributed by atoms with Crippen LogP contribution in [0.4, 0.5) is 0 Å². The predicted octanol–water partition coefficient (Wildman–Crippen LogP) is 4.05. The molecule has 0 aromatic carbocycles. The Hall–Kier alpha value is 0.137. The molecule has 0 saturated carbocycles. The van der Waals surface area contributed by atoms with E-state index >= 15 is 0 Å². The molecule has 0 aromatic rings. The lowest BCUT2D eigenvalue weighted by Crippen LogP contribution is -2.43. The Kier molecular flexibility index (Phi) is 6.40. The minimum atomic E-state index is -1.67. The van der Waals surface area contributed by atoms with Crippen molar-refractivity contribution in [3.8, 4) is 0 Å². The summed E-state index contributed by atoms with van der Waals surface area (Å²) < 4.78 is 6.15. The van der Waals surface area contributed by atoms with Crippen molar-refractivity contribution >= 4 is 8.32 Å². The molecule has 0 spiro atoms. The second-order valence-corrected chi connectivity index (χ2v) is 11.7. The topological polar surface area (TPSA) is 29.5 Å². The summed E-state index contributed by atoms with van der Waals surface area (Å²) in [7, 11) is -1.67. The van der Waals surface area contributed by atoms with Crippen LogP contribution in [-0.4, -0.2) is 26.1 Å². The van der Waals surface area contributed by atoms with Gasteiger partial charge in [-0.05, 0) is 24.1 Å². The molecule has 0 heterocycles. The zero-order valence-corrected chi connectivity index (χ0v) is 14.0. The first-order valence-corrected chi connectivity index (χ1v) is 9.75. The van der Waals surface area contributed by atoms with Gasteiger partial charge in [0.15, 0.2) is 8.32 Å². The minimum absolute atomic E-state index is 0.221. The number of rotatable bonds is 6. The van der Waals surface area contributed by atoms with E-state index in [9.17, 15) is 5.11 Å². The van der Waals surface area contributed by atoms with Gasteiger partial charge in [0.2, 0.25) is 0 Å². The largest absolute Gasteiger partial charge is 0.416 e. The van der Waals surface area contributed by atoms with Crippen LogP contribution in [-0.2, 0) is 4.43 Å². The summed E-state index contributed by atoms with van der Waals surface area (Å²) >= 11 is 0. The molecular weight excluding hydrogens is 228 g/mol. The van der Waals surface area contributed by atoms with Gasteiger partial charge in [0.1, 0.15) is 0 Å². The molecule has 0 aliphatic carbocycles. The lowest BCUT2D eigenvalue weighted by molar-refractivity contribution is 0.0380. The molecule has 3 atom stereocenters. The van der Waals surface area contributed by atoms with Crippen LogP contribution in [0.15, 0.2) is 0 Å². The molecule has 17 heavy (non-hydrogen) atoms. The van der Waals surface area contributed by atoms with Crippen molar-refractivity contribution < 1.29 is 9.53 Å². The van der Waals surface area contributed by atoms with E-state index in [2.05, 4.69) is 54.6 Å². The normalized spacial score (nSPS) is 18.9. The van der Waals surface area contributed by atoms with E-state index in [1.54, 1.807) is 0 Å². The van der Waals surface area contributed by atoms with Gasteiger partial charge in [-0.1, -0.05) is 48.0 Å². The fourth-order valence-electron chi connectivity index (χ4n) is 1.46. The Bertz CT molecular complexity index is 221. The van der Waals surface area contributed by atoms with Gasteiger partial charge in [-0.25, -0.2) is 0 Å². The third-order valence-corrected chi connectivity index (χ3v) is 8.82. The molecule has 0 aliphatic heterocycles. The molecule has 0 aliphatic rings. The smallest absolute Gasteiger partial charge is 0.191 e. The Balaban J connectivity index is 4.29. The van der Waals surface area contributed by atoms with E-state index in [0.717, 1.165) is 6.42 Å². The molecule has 0 bridgehead atoms. The van der Waals surface area contributed by atoms with Crippen molar-refractivity contribution in [2.75, 3.05) is 6.61 Å². The van der Waals surface area contributed by atoms with Gasteiger partial charge < -0.3 is 9.53 Å². The van der Waals surface area contributed by atoms with Crippen LogP contribution < -0.4 is 0 Å². The zero-order chi connectivity index (χ0) is 13.9. The number of hydrogen-bond donors (Lipinski definition) is 1. The van der Waals surface area contributed by atoms with Crippen LogP contribution in [0.25, 0.3) is 0 Å². The lowest BCUT2D eigenvalue weighted by Gasteiger charge is -2.37. The number of hydrogen-bond acceptors (Lipinski definition) is 2. The molecule has 0 rings (SSSR count). The first-order chi connectivity index (χ1) is 7.53. The lowest BCUT2D eigenvalue weighted by atomic mass is 9.92. The highest BCUT2D eigenvalue weighted by Crippen LogP contribution is 2.37. The second-order valence-electron chi connectivity index (χ2n) is 6.92. The molecule has 1 N–H and O–H groups in total. The van der Waals surface area contributed by atoms with Crippen LogP contribution >= 0.6 is 0 Å². The molecule has 2 nitrogen and oxygen atoms in total. The fourth-order valence-corrected chi connectivity index (χ4v) is 2.57.